The molecule has 10 nitrogen and oxygen atoms in total. The smallest absolute Gasteiger partial charge is 0.310 e. The Kier molecular flexibility index (Phi) is 7.73. The number of aryl methyl sites for hydroxylation is 1. The van der Waals surface area contributed by atoms with Crippen LogP contribution in [0.25, 0.3) is 0 Å². The topological polar surface area (TPSA) is 118 Å². The number of amides is 2. The first kappa shape index (κ1) is 28.3. The van der Waals surface area contributed by atoms with E-state index >= 15 is 0 Å². The van der Waals surface area contributed by atoms with Gasteiger partial charge < -0.3 is 19.6 Å². The van der Waals surface area contributed by atoms with Gasteiger partial charge in [0.2, 0.25) is 11.8 Å². The zero-order valence-corrected chi connectivity index (χ0v) is 23.2. The largest absolute Gasteiger partial charge is 0.487 e. The fourth-order valence-electron chi connectivity index (χ4n) is 6.41. The number of hydrogen-bond donors (Lipinski definition) is 1. The van der Waals surface area contributed by atoms with E-state index in [9.17, 15) is 28.3 Å². The Labute approximate surface area is 235 Å². The SMILES string of the molecule is Cn1nnc(COc2ccc(Cl)c3c2[C@@H](CN2CCCC2=O)N(C(=O)C2CCCC2(C)C(=O)O)CC3)c1C(F)F. The quantitative estimate of drug-likeness (QED) is 0.503. The number of alkyl halides is 2. The maximum Gasteiger partial charge on any atom is 0.310 e. The molecular formula is C27H32ClF2N5O5. The van der Waals surface area contributed by atoms with E-state index < -0.39 is 29.8 Å². The van der Waals surface area contributed by atoms with Crippen molar-refractivity contribution in [2.45, 2.75) is 64.5 Å². The van der Waals surface area contributed by atoms with Crippen molar-refractivity contribution < 1.29 is 33.0 Å². The highest BCUT2D eigenvalue weighted by Crippen LogP contribution is 2.47. The predicted molar refractivity (Wildman–Crippen MR) is 139 cm³/mol. The minimum Gasteiger partial charge on any atom is -0.487 e. The lowest BCUT2D eigenvalue weighted by Gasteiger charge is -2.42. The molecule has 0 spiro atoms. The summed E-state index contributed by atoms with van der Waals surface area (Å²) in [5.74, 6) is -1.67. The van der Waals surface area contributed by atoms with Gasteiger partial charge in [0.05, 0.1) is 17.4 Å². The number of carbonyl (C=O) groups is 3. The fourth-order valence-corrected chi connectivity index (χ4v) is 6.67. The molecule has 1 aromatic carbocycles. The molecule has 0 radical (unpaired) electrons. The number of likely N-dealkylation sites (tertiary alicyclic amines) is 1. The van der Waals surface area contributed by atoms with Gasteiger partial charge in [-0.05, 0) is 50.3 Å². The van der Waals surface area contributed by atoms with Gasteiger partial charge >= 0.3 is 5.97 Å². The van der Waals surface area contributed by atoms with Gasteiger partial charge in [-0.3, -0.25) is 14.4 Å². The van der Waals surface area contributed by atoms with Gasteiger partial charge in [0, 0.05) is 43.7 Å². The van der Waals surface area contributed by atoms with Gasteiger partial charge in [0.15, 0.2) is 0 Å². The second kappa shape index (κ2) is 10.9. The van der Waals surface area contributed by atoms with E-state index in [-0.39, 0.29) is 36.4 Å². The predicted octanol–water partition coefficient (Wildman–Crippen LogP) is 3.92. The van der Waals surface area contributed by atoms with Crippen molar-refractivity contribution in [1.82, 2.24) is 24.8 Å². The summed E-state index contributed by atoms with van der Waals surface area (Å²) in [5, 5.41) is 18.0. The summed E-state index contributed by atoms with van der Waals surface area (Å²) >= 11 is 6.61. The summed E-state index contributed by atoms with van der Waals surface area (Å²) in [4.78, 5) is 42.3. The first-order chi connectivity index (χ1) is 19.0. The third kappa shape index (κ3) is 4.90. The summed E-state index contributed by atoms with van der Waals surface area (Å²) in [6, 6.07) is 2.64. The molecule has 216 valence electrons. The van der Waals surface area contributed by atoms with Crippen LogP contribution in [0, 0.1) is 11.3 Å². The van der Waals surface area contributed by atoms with Crippen LogP contribution in [0.5, 0.6) is 5.75 Å². The minimum atomic E-state index is -2.80. The highest BCUT2D eigenvalue weighted by molar-refractivity contribution is 6.31. The highest BCUT2D eigenvalue weighted by atomic mass is 35.5. The number of carboxylic acids is 1. The normalized spacial score (nSPS) is 24.6. The molecule has 2 unspecified atom stereocenters. The highest BCUT2D eigenvalue weighted by Gasteiger charge is 2.51. The van der Waals surface area contributed by atoms with E-state index in [1.54, 1.807) is 28.9 Å². The molecule has 40 heavy (non-hydrogen) atoms. The van der Waals surface area contributed by atoms with Crippen molar-refractivity contribution in [2.24, 2.45) is 18.4 Å². The maximum absolute atomic E-state index is 14.1. The van der Waals surface area contributed by atoms with Crippen molar-refractivity contribution in [3.05, 3.63) is 39.7 Å². The van der Waals surface area contributed by atoms with E-state index in [2.05, 4.69) is 10.3 Å². The lowest BCUT2D eigenvalue weighted by molar-refractivity contribution is -0.157. The average Bonchev–Trinajstić information content (AvgIpc) is 3.62. The Bertz CT molecular complexity index is 1340. The number of carboxylic acid groups (broad SMARTS) is 1. The summed E-state index contributed by atoms with van der Waals surface area (Å²) in [6.45, 7) is 2.36. The van der Waals surface area contributed by atoms with Crippen LogP contribution in [0.1, 0.15) is 74.0 Å². The third-order valence-corrected chi connectivity index (χ3v) is 9.03. The molecule has 0 bridgehead atoms. The number of rotatable bonds is 8. The molecule has 1 N–H and O–H groups in total. The second-order valence-corrected chi connectivity index (χ2v) is 11.4. The van der Waals surface area contributed by atoms with Crippen LogP contribution in [-0.2, 0) is 34.5 Å². The number of aliphatic carboxylic acids is 1. The van der Waals surface area contributed by atoms with Crippen molar-refractivity contribution in [1.29, 1.82) is 0 Å². The van der Waals surface area contributed by atoms with Gasteiger partial charge in [0.25, 0.3) is 6.43 Å². The van der Waals surface area contributed by atoms with E-state index in [1.807, 2.05) is 0 Å². The van der Waals surface area contributed by atoms with E-state index in [0.29, 0.717) is 68.0 Å². The van der Waals surface area contributed by atoms with E-state index in [0.717, 1.165) is 10.2 Å². The van der Waals surface area contributed by atoms with Gasteiger partial charge in [-0.25, -0.2) is 13.5 Å². The Morgan fingerprint density at radius 2 is 2.02 bits per heavy atom. The fraction of sp³-hybridized carbons (Fsp3) is 0.593. The number of carbonyl (C=O) groups excluding carboxylic acids is 2. The maximum atomic E-state index is 14.1. The first-order valence-corrected chi connectivity index (χ1v) is 13.8. The van der Waals surface area contributed by atoms with Crippen molar-refractivity contribution in [3.63, 3.8) is 0 Å². The number of fused-ring (bicyclic) bond motifs is 1. The summed E-state index contributed by atoms with van der Waals surface area (Å²) in [7, 11) is 1.38. The molecule has 2 aromatic rings. The van der Waals surface area contributed by atoms with Crippen LogP contribution in [0.2, 0.25) is 5.02 Å². The van der Waals surface area contributed by atoms with Crippen LogP contribution in [0.15, 0.2) is 12.1 Å². The molecule has 3 aliphatic rings. The third-order valence-electron chi connectivity index (χ3n) is 8.68. The Balaban J connectivity index is 1.53. The van der Waals surface area contributed by atoms with Crippen LogP contribution in [0.3, 0.4) is 0 Å². The van der Waals surface area contributed by atoms with Crippen molar-refractivity contribution in [3.8, 4) is 5.75 Å². The molecule has 1 saturated carbocycles. The molecule has 1 aliphatic carbocycles. The Morgan fingerprint density at radius 1 is 1.25 bits per heavy atom. The van der Waals surface area contributed by atoms with Gasteiger partial charge in [-0.1, -0.05) is 23.2 Å². The summed E-state index contributed by atoms with van der Waals surface area (Å²) in [6.07, 6.45) is 0.207. The van der Waals surface area contributed by atoms with Crippen LogP contribution < -0.4 is 4.74 Å². The second-order valence-electron chi connectivity index (χ2n) is 11.0. The number of benzene rings is 1. The van der Waals surface area contributed by atoms with Crippen molar-refractivity contribution in [2.75, 3.05) is 19.6 Å². The van der Waals surface area contributed by atoms with Gasteiger partial charge in [0.1, 0.15) is 23.7 Å². The van der Waals surface area contributed by atoms with Gasteiger partial charge in [-0.2, -0.15) is 0 Å². The molecule has 2 fully saturated rings. The van der Waals surface area contributed by atoms with Crippen LogP contribution in [0.4, 0.5) is 8.78 Å². The summed E-state index contributed by atoms with van der Waals surface area (Å²) in [5.41, 5.74) is -0.200. The number of aromatic nitrogens is 3. The number of halogens is 3. The zero-order chi connectivity index (χ0) is 28.8. The number of nitrogens with zero attached hydrogens (tertiary/aromatic N) is 5. The molecular weight excluding hydrogens is 548 g/mol. The van der Waals surface area contributed by atoms with Crippen molar-refractivity contribution >= 4 is 29.4 Å². The first-order valence-electron chi connectivity index (χ1n) is 13.4. The molecule has 3 heterocycles. The Hall–Kier alpha value is -3.28. The average molecular weight is 580 g/mol. The molecule has 3 atom stereocenters. The molecule has 2 amide bonds. The van der Waals surface area contributed by atoms with E-state index in [4.69, 9.17) is 16.3 Å². The van der Waals surface area contributed by atoms with Gasteiger partial charge in [-0.15, -0.1) is 5.10 Å². The zero-order valence-electron chi connectivity index (χ0n) is 22.4. The van der Waals surface area contributed by atoms with E-state index in [1.165, 1.54) is 7.05 Å². The standard InChI is InChI=1S/C27H32ClF2N5O5/c1-27(26(38)39)10-3-5-16(27)25(37)35-12-9-15-17(28)7-8-20(22(15)19(35)13-34-11-4-6-21(34)36)40-14-18-23(24(29)30)33(2)32-31-18/h7-8,16,19,24H,3-6,9-14H2,1-2H3,(H,38,39)/t16?,19-,27?/m1/s1. The molecule has 1 saturated heterocycles. The molecule has 5 rings (SSSR count). The molecule has 2 aliphatic heterocycles. The van der Waals surface area contributed by atoms with Crippen LogP contribution >= 0.6 is 11.6 Å². The number of hydrogen-bond acceptors (Lipinski definition) is 6. The number of ether oxygens (including phenoxy) is 1. The Morgan fingerprint density at radius 3 is 2.70 bits per heavy atom. The minimum absolute atomic E-state index is 0.0145. The molecule has 13 heteroatoms. The van der Waals surface area contributed by atoms with Crippen LogP contribution in [-0.4, -0.2) is 67.3 Å². The lowest BCUT2D eigenvalue weighted by Crippen LogP contribution is -2.50. The summed E-state index contributed by atoms with van der Waals surface area (Å²) < 4.78 is 34.3. The lowest BCUT2D eigenvalue weighted by atomic mass is 9.78. The monoisotopic (exact) mass is 579 g/mol. The molecule has 1 aromatic heterocycles.